The molecule has 1 aliphatic carbocycles. The third-order valence-corrected chi connectivity index (χ3v) is 7.40. The molecule has 44 heavy (non-hydrogen) atoms. The van der Waals surface area contributed by atoms with Gasteiger partial charge in [-0.3, -0.25) is 0 Å². The lowest BCUT2D eigenvalue weighted by atomic mass is 9.78. The quantitative estimate of drug-likeness (QED) is 0.164. The second-order valence-corrected chi connectivity index (χ2v) is 10.9. The maximum atomic E-state index is 9.30. The molecule has 4 nitrogen and oxygen atoms in total. The van der Waals surface area contributed by atoms with Crippen LogP contribution in [0.2, 0.25) is 0 Å². The lowest BCUT2D eigenvalue weighted by Gasteiger charge is -2.26. The fourth-order valence-corrected chi connectivity index (χ4v) is 4.86. The molecule has 0 bridgehead atoms. The van der Waals surface area contributed by atoms with E-state index in [9.17, 15) is 10.2 Å². The van der Waals surface area contributed by atoms with Crippen molar-refractivity contribution in [1.82, 2.24) is 0 Å². The Bertz CT molecular complexity index is 1580. The molecular formula is C40H38O4. The molecule has 0 radical (unpaired) electrons. The molecule has 0 saturated heterocycles. The van der Waals surface area contributed by atoms with Crippen molar-refractivity contribution in [3.8, 4) is 34.1 Å². The molecule has 0 unspecified atom stereocenters. The molecule has 4 N–H and O–H groups in total. The first-order valence-electron chi connectivity index (χ1n) is 14.5. The van der Waals surface area contributed by atoms with E-state index in [1.807, 2.05) is 36.4 Å². The summed E-state index contributed by atoms with van der Waals surface area (Å²) in [5, 5.41) is 35.9. The monoisotopic (exact) mass is 582 g/mol. The van der Waals surface area contributed by atoms with Gasteiger partial charge in [0.1, 0.15) is 23.0 Å². The van der Waals surface area contributed by atoms with Gasteiger partial charge >= 0.3 is 0 Å². The standard InChI is InChI=1S/C15H16O2.C13H10.2C6H6O/c1-15(2,11-3-7-13(16)8-4-11)12-5-9-14(17)10-6-12;1-3-7-12-10(5-1)9-11-6-2-4-8-13(11)12;2*7-6-4-2-1-3-5-6/h3-10,16-17H,1-2H3;1-8H,9H2;2*1-5,7H. The summed E-state index contributed by atoms with van der Waals surface area (Å²) in [7, 11) is 0. The topological polar surface area (TPSA) is 80.9 Å². The molecule has 0 aromatic heterocycles. The van der Waals surface area contributed by atoms with Crippen molar-refractivity contribution in [3.63, 3.8) is 0 Å². The minimum atomic E-state index is -0.151. The first-order chi connectivity index (χ1) is 21.2. The van der Waals surface area contributed by atoms with E-state index in [-0.39, 0.29) is 16.9 Å². The van der Waals surface area contributed by atoms with E-state index in [2.05, 4.69) is 62.4 Å². The van der Waals surface area contributed by atoms with E-state index in [4.69, 9.17) is 10.2 Å². The smallest absolute Gasteiger partial charge is 0.115 e. The van der Waals surface area contributed by atoms with Crippen molar-refractivity contribution in [2.45, 2.75) is 25.7 Å². The average molecular weight is 583 g/mol. The molecule has 222 valence electrons. The zero-order valence-electron chi connectivity index (χ0n) is 25.0. The lowest BCUT2D eigenvalue weighted by Crippen LogP contribution is -2.18. The summed E-state index contributed by atoms with van der Waals surface area (Å²) in [4.78, 5) is 0. The van der Waals surface area contributed by atoms with Crippen LogP contribution in [0.3, 0.4) is 0 Å². The van der Waals surface area contributed by atoms with E-state index in [0.29, 0.717) is 11.5 Å². The predicted molar refractivity (Wildman–Crippen MR) is 179 cm³/mol. The molecule has 7 rings (SSSR count). The summed E-state index contributed by atoms with van der Waals surface area (Å²) in [6.45, 7) is 4.23. The van der Waals surface area contributed by atoms with Gasteiger partial charge in [0.2, 0.25) is 0 Å². The minimum absolute atomic E-state index is 0.151. The number of phenols is 4. The highest BCUT2D eigenvalue weighted by Gasteiger charge is 2.22. The maximum absolute atomic E-state index is 9.30. The summed E-state index contributed by atoms with van der Waals surface area (Å²) >= 11 is 0. The van der Waals surface area contributed by atoms with Crippen molar-refractivity contribution in [3.05, 3.63) is 180 Å². The van der Waals surface area contributed by atoms with Crippen LogP contribution in [-0.4, -0.2) is 20.4 Å². The van der Waals surface area contributed by atoms with Crippen molar-refractivity contribution < 1.29 is 20.4 Å². The van der Waals surface area contributed by atoms with Crippen LogP contribution in [0.1, 0.15) is 36.1 Å². The Morgan fingerprint density at radius 1 is 0.364 bits per heavy atom. The zero-order valence-corrected chi connectivity index (χ0v) is 25.0. The van der Waals surface area contributed by atoms with Gasteiger partial charge in [0.15, 0.2) is 0 Å². The number of aromatic hydroxyl groups is 4. The van der Waals surface area contributed by atoms with Gasteiger partial charge in [-0.15, -0.1) is 0 Å². The Labute approximate surface area is 259 Å². The van der Waals surface area contributed by atoms with Crippen LogP contribution in [0.5, 0.6) is 23.0 Å². The minimum Gasteiger partial charge on any atom is -0.508 e. The molecule has 0 saturated carbocycles. The Balaban J connectivity index is 0.000000144. The maximum Gasteiger partial charge on any atom is 0.115 e. The van der Waals surface area contributed by atoms with Crippen LogP contribution in [0.4, 0.5) is 0 Å². The Morgan fingerprint density at radius 2 is 0.659 bits per heavy atom. The van der Waals surface area contributed by atoms with Crippen LogP contribution in [0.15, 0.2) is 158 Å². The summed E-state index contributed by atoms with van der Waals surface area (Å²) in [5.41, 5.74) is 7.85. The second kappa shape index (κ2) is 15.1. The van der Waals surface area contributed by atoms with E-state index in [0.717, 1.165) is 17.5 Å². The van der Waals surface area contributed by atoms with Gasteiger partial charge in [-0.2, -0.15) is 0 Å². The number of hydrogen-bond donors (Lipinski definition) is 4. The highest BCUT2D eigenvalue weighted by Crippen LogP contribution is 2.36. The summed E-state index contributed by atoms with van der Waals surface area (Å²) in [6, 6.07) is 49.2. The van der Waals surface area contributed by atoms with E-state index >= 15 is 0 Å². The van der Waals surface area contributed by atoms with Gasteiger partial charge in [-0.05, 0) is 88.3 Å². The molecule has 4 heteroatoms. The molecule has 0 atom stereocenters. The fraction of sp³-hybridized carbons (Fsp3) is 0.100. The predicted octanol–water partition coefficient (Wildman–Crippen LogP) is 9.47. The Kier molecular flexibility index (Phi) is 10.8. The van der Waals surface area contributed by atoms with Gasteiger partial charge in [0.25, 0.3) is 0 Å². The third kappa shape index (κ3) is 8.76. The number of rotatable bonds is 2. The molecule has 0 amide bonds. The van der Waals surface area contributed by atoms with Crippen molar-refractivity contribution in [1.29, 1.82) is 0 Å². The summed E-state index contributed by atoms with van der Waals surface area (Å²) in [5.74, 6) is 1.19. The zero-order chi connectivity index (χ0) is 31.4. The molecule has 0 fully saturated rings. The first kappa shape index (κ1) is 31.5. The molecule has 6 aromatic carbocycles. The van der Waals surface area contributed by atoms with Gasteiger partial charge in [0, 0.05) is 5.41 Å². The normalized spacial score (nSPS) is 10.8. The molecule has 0 spiro atoms. The van der Waals surface area contributed by atoms with Crippen molar-refractivity contribution in [2.75, 3.05) is 0 Å². The molecule has 1 aliphatic rings. The second-order valence-electron chi connectivity index (χ2n) is 10.9. The highest BCUT2D eigenvalue weighted by atomic mass is 16.3. The number of fused-ring (bicyclic) bond motifs is 3. The van der Waals surface area contributed by atoms with Gasteiger partial charge in [-0.1, -0.05) is 123 Å². The number of para-hydroxylation sites is 2. The number of benzene rings is 6. The van der Waals surface area contributed by atoms with Crippen LogP contribution >= 0.6 is 0 Å². The van der Waals surface area contributed by atoms with Crippen LogP contribution in [0.25, 0.3) is 11.1 Å². The van der Waals surface area contributed by atoms with Crippen LogP contribution in [0, 0.1) is 0 Å². The van der Waals surface area contributed by atoms with E-state index < -0.39 is 0 Å². The molecule has 0 aliphatic heterocycles. The van der Waals surface area contributed by atoms with Crippen molar-refractivity contribution >= 4 is 0 Å². The Hall–Kier alpha value is -5.48. The van der Waals surface area contributed by atoms with Crippen LogP contribution < -0.4 is 0 Å². The average Bonchev–Trinajstić information content (AvgIpc) is 3.42. The van der Waals surface area contributed by atoms with Crippen molar-refractivity contribution in [2.24, 2.45) is 0 Å². The third-order valence-electron chi connectivity index (χ3n) is 7.40. The van der Waals surface area contributed by atoms with Gasteiger partial charge in [0.05, 0.1) is 0 Å². The fourth-order valence-electron chi connectivity index (χ4n) is 4.86. The number of hydrogen-bond acceptors (Lipinski definition) is 4. The highest BCUT2D eigenvalue weighted by molar-refractivity contribution is 5.76. The molecule has 6 aromatic rings. The molecule has 0 heterocycles. The summed E-state index contributed by atoms with van der Waals surface area (Å²) in [6.07, 6.45) is 1.10. The SMILES string of the molecule is CC(C)(c1ccc(O)cc1)c1ccc(O)cc1.Oc1ccccc1.Oc1ccccc1.c1ccc2c(c1)Cc1ccccc1-2. The van der Waals surface area contributed by atoms with E-state index in [1.54, 1.807) is 72.8 Å². The van der Waals surface area contributed by atoms with Gasteiger partial charge < -0.3 is 20.4 Å². The van der Waals surface area contributed by atoms with E-state index in [1.165, 1.54) is 22.3 Å². The largest absolute Gasteiger partial charge is 0.508 e. The lowest BCUT2D eigenvalue weighted by molar-refractivity contribution is 0.473. The van der Waals surface area contributed by atoms with Gasteiger partial charge in [-0.25, -0.2) is 0 Å². The van der Waals surface area contributed by atoms with Crippen LogP contribution in [-0.2, 0) is 11.8 Å². The number of phenolic OH excluding ortho intramolecular Hbond substituents is 4. The Morgan fingerprint density at radius 3 is 0.977 bits per heavy atom. The molecular weight excluding hydrogens is 544 g/mol. The summed E-state index contributed by atoms with van der Waals surface area (Å²) < 4.78 is 0. The first-order valence-corrected chi connectivity index (χ1v) is 14.5.